The molecule has 1 aromatic rings. The Balaban J connectivity index is 2.12. The number of hydrogen-bond donors (Lipinski definition) is 2. The van der Waals surface area contributed by atoms with Gasteiger partial charge in [0.05, 0.1) is 0 Å². The van der Waals surface area contributed by atoms with Crippen LogP contribution in [-0.2, 0) is 0 Å². The molecule has 1 aliphatic rings. The van der Waals surface area contributed by atoms with Crippen molar-refractivity contribution >= 4 is 12.2 Å². The number of nitrogens with zero attached hydrogens (tertiary/aromatic N) is 1. The summed E-state index contributed by atoms with van der Waals surface area (Å²) in [5.74, 6) is 2.50. The Morgan fingerprint density at radius 1 is 1.62 bits per heavy atom. The Kier molecular flexibility index (Phi) is 3.76. The van der Waals surface area contributed by atoms with Crippen LogP contribution in [0.1, 0.15) is 44.3 Å². The highest BCUT2D eigenvalue weighted by atomic mass is 32.1. The lowest BCUT2D eigenvalue weighted by molar-refractivity contribution is 0.240. The largest absolute Gasteiger partial charge is 0.348 e. The van der Waals surface area contributed by atoms with Crippen molar-refractivity contribution in [1.29, 1.82) is 0 Å². The summed E-state index contributed by atoms with van der Waals surface area (Å²) in [7, 11) is 0. The third-order valence-corrected chi connectivity index (χ3v) is 3.78. The Labute approximate surface area is 101 Å². The molecule has 0 radical (unpaired) electrons. The van der Waals surface area contributed by atoms with E-state index >= 15 is 0 Å². The van der Waals surface area contributed by atoms with Crippen molar-refractivity contribution in [2.45, 2.75) is 38.5 Å². The number of aromatic amines is 1. The Hall–Kier alpha value is -0.680. The zero-order valence-electron chi connectivity index (χ0n) is 9.61. The van der Waals surface area contributed by atoms with Crippen molar-refractivity contribution in [3.63, 3.8) is 0 Å². The molecule has 1 heterocycles. The van der Waals surface area contributed by atoms with Crippen LogP contribution in [0.15, 0.2) is 4.52 Å². The van der Waals surface area contributed by atoms with Crippen molar-refractivity contribution in [3.8, 4) is 0 Å². The molecule has 0 spiro atoms. The van der Waals surface area contributed by atoms with Gasteiger partial charge in [0.1, 0.15) is 5.82 Å². The first-order chi connectivity index (χ1) is 7.70. The first-order valence-electron chi connectivity index (χ1n) is 5.96. The van der Waals surface area contributed by atoms with Gasteiger partial charge in [0.15, 0.2) is 0 Å². The van der Waals surface area contributed by atoms with E-state index in [1.165, 1.54) is 25.7 Å². The lowest BCUT2D eigenvalue weighted by Crippen LogP contribution is -2.26. The minimum atomic E-state index is 0.267. The van der Waals surface area contributed by atoms with E-state index in [9.17, 15) is 0 Å². The fraction of sp³-hybridized carbons (Fsp3) is 0.818. The second-order valence-corrected chi connectivity index (χ2v) is 5.19. The Morgan fingerprint density at radius 2 is 2.44 bits per heavy atom. The number of hydrogen-bond acceptors (Lipinski definition) is 4. The van der Waals surface area contributed by atoms with E-state index in [1.807, 2.05) is 0 Å². The van der Waals surface area contributed by atoms with Crippen molar-refractivity contribution < 1.29 is 4.52 Å². The summed E-state index contributed by atoms with van der Waals surface area (Å²) in [5, 5.41) is 2.80. The second-order valence-electron chi connectivity index (χ2n) is 4.84. The van der Waals surface area contributed by atoms with E-state index < -0.39 is 0 Å². The van der Waals surface area contributed by atoms with Gasteiger partial charge in [-0.05, 0) is 36.9 Å². The number of rotatable bonds is 3. The molecule has 1 fully saturated rings. The summed E-state index contributed by atoms with van der Waals surface area (Å²) >= 11 is 4.87. The Bertz CT molecular complexity index is 387. The van der Waals surface area contributed by atoms with Crippen LogP contribution >= 0.6 is 12.2 Å². The molecule has 1 aromatic heterocycles. The summed E-state index contributed by atoms with van der Waals surface area (Å²) in [5.41, 5.74) is 5.85. The highest BCUT2D eigenvalue weighted by Gasteiger charge is 2.28. The predicted octanol–water partition coefficient (Wildman–Crippen LogP) is 2.60. The average molecular weight is 241 g/mol. The maximum absolute atomic E-state index is 5.85. The van der Waals surface area contributed by atoms with E-state index in [1.54, 1.807) is 0 Å². The van der Waals surface area contributed by atoms with E-state index in [2.05, 4.69) is 17.1 Å². The molecule has 3 N–H and O–H groups in total. The van der Waals surface area contributed by atoms with Gasteiger partial charge < -0.3 is 10.3 Å². The lowest BCUT2D eigenvalue weighted by atomic mass is 9.75. The maximum Gasteiger partial charge on any atom is 0.314 e. The van der Waals surface area contributed by atoms with E-state index in [-0.39, 0.29) is 10.8 Å². The summed E-state index contributed by atoms with van der Waals surface area (Å²) in [4.78, 5) is 4.47. The molecule has 4 nitrogen and oxygen atoms in total. The van der Waals surface area contributed by atoms with Gasteiger partial charge >= 0.3 is 4.84 Å². The normalized spacial score (nSPS) is 27.9. The second kappa shape index (κ2) is 5.10. The molecule has 90 valence electrons. The molecule has 0 amide bonds. The van der Waals surface area contributed by atoms with Crippen molar-refractivity contribution in [2.75, 3.05) is 6.54 Å². The highest BCUT2D eigenvalue weighted by Crippen LogP contribution is 2.36. The minimum absolute atomic E-state index is 0.267. The van der Waals surface area contributed by atoms with Crippen LogP contribution in [0.3, 0.4) is 0 Å². The molecule has 3 atom stereocenters. The molecule has 5 heteroatoms. The van der Waals surface area contributed by atoms with E-state index in [4.69, 9.17) is 22.5 Å². The van der Waals surface area contributed by atoms with Gasteiger partial charge in [0, 0.05) is 12.5 Å². The van der Waals surface area contributed by atoms with Gasteiger partial charge in [-0.25, -0.2) is 5.16 Å². The topological polar surface area (TPSA) is 67.8 Å². The van der Waals surface area contributed by atoms with Crippen LogP contribution in [0.2, 0.25) is 0 Å². The monoisotopic (exact) mass is 241 g/mol. The molecule has 0 unspecified atom stereocenters. The number of H-pyrrole nitrogens is 1. The molecular weight excluding hydrogens is 222 g/mol. The maximum atomic E-state index is 5.85. The first kappa shape index (κ1) is 11.8. The minimum Gasteiger partial charge on any atom is -0.348 e. The summed E-state index contributed by atoms with van der Waals surface area (Å²) in [6, 6.07) is 0. The Morgan fingerprint density at radius 3 is 3.00 bits per heavy atom. The molecule has 0 aliphatic heterocycles. The molecule has 16 heavy (non-hydrogen) atoms. The third kappa shape index (κ3) is 2.52. The van der Waals surface area contributed by atoms with Crippen molar-refractivity contribution in [2.24, 2.45) is 17.6 Å². The predicted molar refractivity (Wildman–Crippen MR) is 64.6 cm³/mol. The van der Waals surface area contributed by atoms with Crippen molar-refractivity contribution in [1.82, 2.24) is 10.1 Å². The standard InChI is InChI=1S/C11H19N3OS/c1-7-3-2-4-8(5-7)9(6-12)10-13-11(16)15-14-10/h7-9H,2-6,12H2,1H3,(H,13,14,16)/t7-,8+,9+/m0/s1. The molecule has 1 aliphatic carbocycles. The van der Waals surface area contributed by atoms with Gasteiger partial charge in [-0.2, -0.15) is 4.98 Å². The number of aromatic nitrogens is 2. The van der Waals surface area contributed by atoms with Gasteiger partial charge in [-0.3, -0.25) is 0 Å². The zero-order valence-corrected chi connectivity index (χ0v) is 10.4. The lowest BCUT2D eigenvalue weighted by Gasteiger charge is -2.31. The van der Waals surface area contributed by atoms with Crippen LogP contribution in [0.25, 0.3) is 0 Å². The highest BCUT2D eigenvalue weighted by molar-refractivity contribution is 7.71. The van der Waals surface area contributed by atoms with E-state index in [0.717, 1.165) is 11.7 Å². The van der Waals surface area contributed by atoms with Gasteiger partial charge in [-0.15, -0.1) is 0 Å². The summed E-state index contributed by atoms with van der Waals surface area (Å²) in [6.07, 6.45) is 5.10. The quantitative estimate of drug-likeness (QED) is 0.798. The van der Waals surface area contributed by atoms with Crippen LogP contribution in [0, 0.1) is 16.7 Å². The SMILES string of the molecule is C[C@H]1CCC[C@@H]([C@@H](CN)c2nc(=S)o[nH]2)C1. The first-order valence-corrected chi connectivity index (χ1v) is 6.37. The van der Waals surface area contributed by atoms with Crippen LogP contribution in [0.5, 0.6) is 0 Å². The van der Waals surface area contributed by atoms with Crippen molar-refractivity contribution in [3.05, 3.63) is 10.7 Å². The number of nitrogens with two attached hydrogens (primary N) is 1. The summed E-state index contributed by atoms with van der Waals surface area (Å²) < 4.78 is 4.99. The molecule has 0 saturated heterocycles. The zero-order chi connectivity index (χ0) is 11.5. The van der Waals surface area contributed by atoms with Crippen LogP contribution in [0.4, 0.5) is 0 Å². The smallest absolute Gasteiger partial charge is 0.314 e. The van der Waals surface area contributed by atoms with E-state index in [0.29, 0.717) is 12.5 Å². The van der Waals surface area contributed by atoms with Crippen LogP contribution in [-0.4, -0.2) is 16.7 Å². The van der Waals surface area contributed by atoms with Gasteiger partial charge in [-0.1, -0.05) is 19.8 Å². The van der Waals surface area contributed by atoms with Gasteiger partial charge in [0.25, 0.3) is 0 Å². The molecular formula is C11H19N3OS. The molecule has 1 saturated carbocycles. The number of nitrogens with one attached hydrogen (secondary N) is 1. The summed E-state index contributed by atoms with van der Waals surface area (Å²) in [6.45, 7) is 2.92. The molecule has 0 bridgehead atoms. The fourth-order valence-corrected chi connectivity index (χ4v) is 2.91. The van der Waals surface area contributed by atoms with Gasteiger partial charge in [0.2, 0.25) is 0 Å². The molecule has 2 rings (SSSR count). The molecule has 0 aromatic carbocycles. The average Bonchev–Trinajstić information content (AvgIpc) is 2.66. The third-order valence-electron chi connectivity index (χ3n) is 3.61. The fourth-order valence-electron chi connectivity index (χ4n) is 2.77. The van der Waals surface area contributed by atoms with Crippen LogP contribution < -0.4 is 5.73 Å².